The van der Waals surface area contributed by atoms with Crippen molar-refractivity contribution >= 4 is 41.2 Å². The van der Waals surface area contributed by atoms with Crippen molar-refractivity contribution in [3.05, 3.63) is 84.4 Å². The number of hydrogen-bond acceptors (Lipinski definition) is 5. The summed E-state index contributed by atoms with van der Waals surface area (Å²) in [7, 11) is -0.776. The minimum Gasteiger partial charge on any atom is -0.399 e. The number of hydrogen-bond donors (Lipinski definition) is 1. The zero-order valence-electron chi connectivity index (χ0n) is 15.2. The van der Waals surface area contributed by atoms with Gasteiger partial charge in [-0.2, -0.15) is 5.26 Å². The molecule has 138 valence electrons. The molecule has 2 N–H and O–H groups in total. The van der Waals surface area contributed by atoms with Crippen molar-refractivity contribution in [1.29, 1.82) is 5.26 Å². The Balaban J connectivity index is 2.00. The molecule has 0 aliphatic rings. The maximum absolute atomic E-state index is 10.9. The lowest BCUT2D eigenvalue weighted by molar-refractivity contribution is -0.140. The average molecular weight is 387 g/mol. The first-order chi connectivity index (χ1) is 13.6. The second-order valence-corrected chi connectivity index (χ2v) is 8.16. The zero-order valence-corrected chi connectivity index (χ0v) is 16.1. The number of nitrogen functional groups attached to an aromatic ring is 1. The van der Waals surface area contributed by atoms with Crippen LogP contribution in [0, 0.1) is 11.3 Å². The second-order valence-electron chi connectivity index (χ2n) is 5.94. The summed E-state index contributed by atoms with van der Waals surface area (Å²) in [5.74, 6) is -0.569. The largest absolute Gasteiger partial charge is 0.399 e. The third-order valence-electron chi connectivity index (χ3n) is 3.94. The highest BCUT2D eigenvalue weighted by molar-refractivity contribution is 7.79. The number of nitrogens with zero attached hydrogens (tertiary/aromatic N) is 2. The van der Waals surface area contributed by atoms with E-state index in [9.17, 15) is 10.1 Å². The first kappa shape index (κ1) is 19.3. The molecule has 0 fully saturated rings. The molecular formula is C22H18N3O2P. The molecule has 0 saturated heterocycles. The van der Waals surface area contributed by atoms with Gasteiger partial charge in [-0.1, -0.05) is 71.9 Å². The lowest BCUT2D eigenvalue weighted by Crippen LogP contribution is -2.20. The van der Waals surface area contributed by atoms with Gasteiger partial charge in [-0.25, -0.2) is 4.79 Å². The van der Waals surface area contributed by atoms with Gasteiger partial charge in [0, 0.05) is 18.2 Å². The molecule has 0 bridgehead atoms. The molecule has 28 heavy (non-hydrogen) atoms. The number of nitrogens with two attached hydrogens (primary N) is 1. The average Bonchev–Trinajstić information content (AvgIpc) is 2.72. The Labute approximate surface area is 164 Å². The Bertz CT molecular complexity index is 1020. The summed E-state index contributed by atoms with van der Waals surface area (Å²) in [5, 5.41) is 16.4. The summed E-state index contributed by atoms with van der Waals surface area (Å²) in [6.45, 7) is 1.24. The third-order valence-corrected chi connectivity index (χ3v) is 6.38. The molecule has 3 aromatic rings. The van der Waals surface area contributed by atoms with Gasteiger partial charge in [0.2, 0.25) is 0 Å². The third kappa shape index (κ3) is 4.62. The van der Waals surface area contributed by atoms with E-state index < -0.39 is 13.9 Å². The number of oxime groups is 1. The number of rotatable bonds is 5. The highest BCUT2D eigenvalue weighted by Crippen LogP contribution is 2.33. The summed E-state index contributed by atoms with van der Waals surface area (Å²) in [5.41, 5.74) is 7.22. The maximum Gasteiger partial charge on any atom is 0.332 e. The summed E-state index contributed by atoms with van der Waals surface area (Å²) >= 11 is 0. The van der Waals surface area contributed by atoms with Gasteiger partial charge in [0.1, 0.15) is 6.07 Å². The van der Waals surface area contributed by atoms with Crippen LogP contribution >= 0.6 is 7.92 Å². The van der Waals surface area contributed by atoms with Crippen LogP contribution in [0.25, 0.3) is 0 Å². The highest BCUT2D eigenvalue weighted by Gasteiger charge is 2.17. The van der Waals surface area contributed by atoms with Gasteiger partial charge in [-0.05, 0) is 36.0 Å². The van der Waals surface area contributed by atoms with Gasteiger partial charge in [-0.3, -0.25) is 0 Å². The fourth-order valence-corrected chi connectivity index (χ4v) is 4.92. The quantitative estimate of drug-likeness (QED) is 0.240. The number of carbonyl (C=O) groups is 1. The Morgan fingerprint density at radius 2 is 1.46 bits per heavy atom. The van der Waals surface area contributed by atoms with Crippen LogP contribution in [0.2, 0.25) is 0 Å². The van der Waals surface area contributed by atoms with Gasteiger partial charge in [-0.15, -0.1) is 0 Å². The van der Waals surface area contributed by atoms with Crippen molar-refractivity contribution in [2.75, 3.05) is 5.73 Å². The lowest BCUT2D eigenvalue weighted by atomic mass is 10.1. The van der Waals surface area contributed by atoms with Crippen LogP contribution in [0.3, 0.4) is 0 Å². The van der Waals surface area contributed by atoms with Crippen LogP contribution < -0.4 is 21.6 Å². The van der Waals surface area contributed by atoms with Gasteiger partial charge in [0.05, 0.1) is 0 Å². The number of benzene rings is 3. The van der Waals surface area contributed by atoms with E-state index in [1.54, 1.807) is 0 Å². The molecule has 0 aliphatic carbocycles. The predicted molar refractivity (Wildman–Crippen MR) is 113 cm³/mol. The zero-order chi connectivity index (χ0) is 19.9. The molecule has 0 aromatic heterocycles. The molecule has 0 radical (unpaired) electrons. The smallest absolute Gasteiger partial charge is 0.332 e. The molecule has 0 saturated carbocycles. The lowest BCUT2D eigenvalue weighted by Gasteiger charge is -2.19. The highest BCUT2D eigenvalue weighted by atomic mass is 31.1. The maximum atomic E-state index is 10.9. The van der Waals surface area contributed by atoms with Crippen molar-refractivity contribution < 1.29 is 9.63 Å². The normalized spacial score (nSPS) is 12.1. The van der Waals surface area contributed by atoms with E-state index >= 15 is 0 Å². The summed E-state index contributed by atoms with van der Waals surface area (Å²) < 4.78 is 0. The van der Waals surface area contributed by atoms with E-state index in [1.807, 2.05) is 72.8 Å². The first-order valence-corrected chi connectivity index (χ1v) is 9.89. The van der Waals surface area contributed by atoms with E-state index in [1.165, 1.54) is 17.5 Å². The van der Waals surface area contributed by atoms with Crippen molar-refractivity contribution in [3.8, 4) is 6.07 Å². The molecular weight excluding hydrogens is 369 g/mol. The van der Waals surface area contributed by atoms with Crippen molar-refractivity contribution in [2.45, 2.75) is 6.92 Å². The molecule has 1 unspecified atom stereocenters. The fraction of sp³-hybridized carbons (Fsp3) is 0.0455. The standard InChI is InChI=1S/C22H18N3O2P/c1-16(26)27-25-22(15-23)17-7-11-20(12-8-17)28(19-5-3-2-4-6-19)21-13-9-18(24)10-14-21/h2-14H,24H2,1H3/b25-22+. The van der Waals surface area contributed by atoms with Crippen LogP contribution in [-0.4, -0.2) is 11.7 Å². The van der Waals surface area contributed by atoms with E-state index in [4.69, 9.17) is 5.73 Å². The Morgan fingerprint density at radius 1 is 0.929 bits per heavy atom. The van der Waals surface area contributed by atoms with Crippen LogP contribution in [0.1, 0.15) is 12.5 Å². The van der Waals surface area contributed by atoms with Crippen LogP contribution in [0.5, 0.6) is 0 Å². The number of anilines is 1. The minimum absolute atomic E-state index is 0.0540. The van der Waals surface area contributed by atoms with Gasteiger partial charge in [0.25, 0.3) is 0 Å². The monoisotopic (exact) mass is 387 g/mol. The molecule has 0 heterocycles. The number of carbonyl (C=O) groups excluding carboxylic acids is 1. The Morgan fingerprint density at radius 3 is 2.00 bits per heavy atom. The van der Waals surface area contributed by atoms with Gasteiger partial charge < -0.3 is 10.6 Å². The molecule has 0 spiro atoms. The number of nitriles is 1. The molecule has 6 heteroatoms. The van der Waals surface area contributed by atoms with E-state index in [2.05, 4.69) is 22.1 Å². The van der Waals surface area contributed by atoms with Gasteiger partial charge in [0.15, 0.2) is 5.71 Å². The molecule has 5 nitrogen and oxygen atoms in total. The van der Waals surface area contributed by atoms with E-state index in [0.29, 0.717) is 5.56 Å². The SMILES string of the molecule is CC(=O)O/N=C(\C#N)c1ccc(P(c2ccccc2)c2ccc(N)cc2)cc1. The van der Waals surface area contributed by atoms with Crippen molar-refractivity contribution in [1.82, 2.24) is 0 Å². The summed E-state index contributed by atoms with van der Waals surface area (Å²) in [6, 6.07) is 27.7. The van der Waals surface area contributed by atoms with Crippen LogP contribution in [-0.2, 0) is 9.63 Å². The van der Waals surface area contributed by atoms with Gasteiger partial charge >= 0.3 is 5.97 Å². The predicted octanol–water partition coefficient (Wildman–Crippen LogP) is 2.82. The first-order valence-electron chi connectivity index (χ1n) is 8.55. The Kier molecular flexibility index (Phi) is 6.16. The summed E-state index contributed by atoms with van der Waals surface area (Å²) in [6.07, 6.45) is 0. The molecule has 3 rings (SSSR count). The topological polar surface area (TPSA) is 88.5 Å². The second kappa shape index (κ2) is 8.94. The van der Waals surface area contributed by atoms with E-state index in [0.717, 1.165) is 11.0 Å². The van der Waals surface area contributed by atoms with E-state index in [-0.39, 0.29) is 5.71 Å². The van der Waals surface area contributed by atoms with Crippen LogP contribution in [0.4, 0.5) is 5.69 Å². The molecule has 0 aliphatic heterocycles. The minimum atomic E-state index is -0.776. The Hall–Kier alpha value is -3.48. The fourth-order valence-electron chi connectivity index (χ4n) is 2.66. The van der Waals surface area contributed by atoms with Crippen molar-refractivity contribution in [3.63, 3.8) is 0 Å². The molecule has 3 aromatic carbocycles. The molecule has 0 amide bonds. The van der Waals surface area contributed by atoms with Crippen LogP contribution in [0.15, 0.2) is 84.0 Å². The molecule has 1 atom stereocenters. The van der Waals surface area contributed by atoms with Crippen molar-refractivity contribution in [2.24, 2.45) is 5.16 Å². The summed E-state index contributed by atoms with van der Waals surface area (Å²) in [4.78, 5) is 15.5.